The Morgan fingerprint density at radius 2 is 2.10 bits per heavy atom. The molecule has 0 aliphatic carbocycles. The minimum absolute atomic E-state index is 0.248. The number of ether oxygens (including phenoxy) is 1. The Labute approximate surface area is 118 Å². The van der Waals surface area contributed by atoms with Crippen LogP contribution in [-0.4, -0.2) is 45.0 Å². The van der Waals surface area contributed by atoms with E-state index in [1.165, 1.54) is 4.90 Å². The van der Waals surface area contributed by atoms with Gasteiger partial charge in [-0.05, 0) is 31.0 Å². The highest BCUT2D eigenvalue weighted by molar-refractivity contribution is 6.52. The number of Topliss-reactive ketones (excluding diaryl/α,β-unsaturated/α-hetero) is 1. The van der Waals surface area contributed by atoms with Crippen molar-refractivity contribution in [1.29, 1.82) is 0 Å². The third-order valence-electron chi connectivity index (χ3n) is 4.16. The number of nitrogens with zero attached hydrogens (tertiary/aromatic N) is 2. The topological polar surface area (TPSA) is 49.9 Å². The molecule has 3 rings (SSSR count). The molecule has 1 saturated heterocycles. The number of hydrogen-bond acceptors (Lipinski definition) is 4. The summed E-state index contributed by atoms with van der Waals surface area (Å²) in [6.45, 7) is 1.82. The Morgan fingerprint density at radius 3 is 2.85 bits per heavy atom. The molecule has 1 atom stereocenters. The number of hydrogen-bond donors (Lipinski definition) is 0. The fourth-order valence-electron chi connectivity index (χ4n) is 2.93. The Bertz CT molecular complexity index is 570. The van der Waals surface area contributed by atoms with Crippen molar-refractivity contribution in [1.82, 2.24) is 0 Å². The first-order chi connectivity index (χ1) is 9.61. The summed E-state index contributed by atoms with van der Waals surface area (Å²) in [4.78, 5) is 27.1. The standard InChI is InChI=1S/C15H18N2O3/c1-16-13-8-10(5-6-12(13)14(18)15(16)19)17-7-3-4-11(9-17)20-2/h5-6,8,11H,3-4,7,9H2,1-2H3. The normalized spacial score (nSPS) is 22.4. The molecule has 5 heteroatoms. The molecule has 1 aromatic rings. The summed E-state index contributed by atoms with van der Waals surface area (Å²) >= 11 is 0. The van der Waals surface area contributed by atoms with Crippen molar-refractivity contribution in [2.24, 2.45) is 0 Å². The van der Waals surface area contributed by atoms with Crippen LogP contribution >= 0.6 is 0 Å². The fourth-order valence-corrected chi connectivity index (χ4v) is 2.93. The summed E-state index contributed by atoms with van der Waals surface area (Å²) in [7, 11) is 3.38. The number of rotatable bonds is 2. The number of methoxy groups -OCH3 is 1. The summed E-state index contributed by atoms with van der Waals surface area (Å²) in [5, 5.41) is 0. The van der Waals surface area contributed by atoms with Crippen molar-refractivity contribution < 1.29 is 14.3 Å². The molecule has 2 aliphatic rings. The summed E-state index contributed by atoms with van der Waals surface area (Å²) in [5.41, 5.74) is 2.25. The molecule has 0 radical (unpaired) electrons. The number of likely N-dealkylation sites (N-methyl/N-ethyl adjacent to an activating group) is 1. The van der Waals surface area contributed by atoms with Gasteiger partial charge in [0.05, 0.1) is 17.4 Å². The molecular weight excluding hydrogens is 256 g/mol. The first kappa shape index (κ1) is 13.1. The Balaban J connectivity index is 1.90. The molecule has 1 amide bonds. The van der Waals surface area contributed by atoms with Gasteiger partial charge in [0.1, 0.15) is 0 Å². The first-order valence-corrected chi connectivity index (χ1v) is 6.86. The van der Waals surface area contributed by atoms with Crippen LogP contribution < -0.4 is 9.80 Å². The van der Waals surface area contributed by atoms with E-state index >= 15 is 0 Å². The van der Waals surface area contributed by atoms with Gasteiger partial charge in [-0.1, -0.05) is 0 Å². The SMILES string of the molecule is COC1CCCN(c2ccc3c(c2)N(C)C(=O)C3=O)C1. The lowest BCUT2D eigenvalue weighted by Gasteiger charge is -2.34. The van der Waals surface area contributed by atoms with Crippen molar-refractivity contribution in [2.75, 3.05) is 37.0 Å². The fraction of sp³-hybridized carbons (Fsp3) is 0.467. The number of ketones is 1. The lowest BCUT2D eigenvalue weighted by molar-refractivity contribution is -0.114. The number of carbonyl (C=O) groups excluding carboxylic acids is 2. The van der Waals surface area contributed by atoms with E-state index in [2.05, 4.69) is 4.90 Å². The van der Waals surface area contributed by atoms with Crippen LogP contribution in [0.25, 0.3) is 0 Å². The van der Waals surface area contributed by atoms with Gasteiger partial charge < -0.3 is 14.5 Å². The number of carbonyl (C=O) groups is 2. The van der Waals surface area contributed by atoms with Gasteiger partial charge in [-0.3, -0.25) is 9.59 Å². The van der Waals surface area contributed by atoms with Crippen LogP contribution in [0.5, 0.6) is 0 Å². The minimum Gasteiger partial charge on any atom is -0.380 e. The van der Waals surface area contributed by atoms with Crippen LogP contribution in [0.1, 0.15) is 23.2 Å². The Kier molecular flexibility index (Phi) is 3.22. The average molecular weight is 274 g/mol. The van der Waals surface area contributed by atoms with Gasteiger partial charge in [-0.15, -0.1) is 0 Å². The van der Waals surface area contributed by atoms with Crippen molar-refractivity contribution in [3.8, 4) is 0 Å². The average Bonchev–Trinajstić information content (AvgIpc) is 2.72. The highest BCUT2D eigenvalue weighted by Gasteiger charge is 2.34. The maximum atomic E-state index is 11.8. The Hall–Kier alpha value is -1.88. The van der Waals surface area contributed by atoms with Crippen molar-refractivity contribution in [3.63, 3.8) is 0 Å². The van der Waals surface area contributed by atoms with Gasteiger partial charge in [0.2, 0.25) is 0 Å². The lowest BCUT2D eigenvalue weighted by atomic mass is 10.1. The number of anilines is 2. The van der Waals surface area contributed by atoms with Gasteiger partial charge >= 0.3 is 0 Å². The first-order valence-electron chi connectivity index (χ1n) is 6.86. The van der Waals surface area contributed by atoms with E-state index in [4.69, 9.17) is 4.74 Å². The number of fused-ring (bicyclic) bond motifs is 1. The van der Waals surface area contributed by atoms with E-state index in [1.807, 2.05) is 12.1 Å². The quantitative estimate of drug-likeness (QED) is 0.766. The molecule has 0 bridgehead atoms. The van der Waals surface area contributed by atoms with Gasteiger partial charge in [0.15, 0.2) is 0 Å². The molecule has 1 aromatic carbocycles. The zero-order valence-electron chi connectivity index (χ0n) is 11.8. The van der Waals surface area contributed by atoms with Gasteiger partial charge in [0.25, 0.3) is 11.7 Å². The summed E-state index contributed by atoms with van der Waals surface area (Å²) in [5.74, 6) is -0.868. The molecule has 1 fully saturated rings. The predicted octanol–water partition coefficient (Wildman–Crippen LogP) is 1.46. The monoisotopic (exact) mass is 274 g/mol. The van der Waals surface area contributed by atoms with Gasteiger partial charge in [-0.2, -0.15) is 0 Å². The summed E-state index contributed by atoms with van der Waals surface area (Å²) in [6, 6.07) is 5.60. The van der Waals surface area contributed by atoms with E-state index in [0.717, 1.165) is 31.6 Å². The van der Waals surface area contributed by atoms with Crippen LogP contribution in [0.2, 0.25) is 0 Å². The van der Waals surface area contributed by atoms with Crippen LogP contribution in [0.15, 0.2) is 18.2 Å². The maximum Gasteiger partial charge on any atom is 0.299 e. The van der Waals surface area contributed by atoms with E-state index in [-0.39, 0.29) is 6.10 Å². The molecule has 20 heavy (non-hydrogen) atoms. The van der Waals surface area contributed by atoms with Crippen molar-refractivity contribution in [3.05, 3.63) is 23.8 Å². The van der Waals surface area contributed by atoms with E-state index < -0.39 is 11.7 Å². The Morgan fingerprint density at radius 1 is 1.30 bits per heavy atom. The van der Waals surface area contributed by atoms with Crippen LogP contribution in [0, 0.1) is 0 Å². The highest BCUT2D eigenvalue weighted by atomic mass is 16.5. The van der Waals surface area contributed by atoms with Crippen molar-refractivity contribution in [2.45, 2.75) is 18.9 Å². The van der Waals surface area contributed by atoms with Crippen molar-refractivity contribution >= 4 is 23.1 Å². The molecule has 2 aliphatic heterocycles. The van der Waals surface area contributed by atoms with Crippen LogP contribution in [0.4, 0.5) is 11.4 Å². The minimum atomic E-state index is -0.453. The zero-order valence-corrected chi connectivity index (χ0v) is 11.8. The summed E-state index contributed by atoms with van der Waals surface area (Å²) in [6.07, 6.45) is 2.41. The molecule has 0 saturated carbocycles. The predicted molar refractivity (Wildman–Crippen MR) is 76.4 cm³/mol. The molecule has 0 spiro atoms. The third-order valence-corrected chi connectivity index (χ3v) is 4.16. The second-order valence-electron chi connectivity index (χ2n) is 5.34. The third kappa shape index (κ3) is 1.98. The van der Waals surface area contributed by atoms with E-state index in [0.29, 0.717) is 11.3 Å². The molecule has 5 nitrogen and oxygen atoms in total. The van der Waals surface area contributed by atoms with Crippen LogP contribution in [-0.2, 0) is 9.53 Å². The van der Waals surface area contributed by atoms with E-state index in [1.54, 1.807) is 20.2 Å². The second kappa shape index (κ2) is 4.90. The lowest BCUT2D eigenvalue weighted by Crippen LogP contribution is -2.39. The van der Waals surface area contributed by atoms with Gasteiger partial charge in [0, 0.05) is 32.9 Å². The molecule has 0 N–H and O–H groups in total. The highest BCUT2D eigenvalue weighted by Crippen LogP contribution is 2.32. The molecule has 1 unspecified atom stereocenters. The number of benzene rings is 1. The zero-order chi connectivity index (χ0) is 14.3. The van der Waals surface area contributed by atoms with E-state index in [9.17, 15) is 9.59 Å². The number of amides is 1. The molecule has 106 valence electrons. The largest absolute Gasteiger partial charge is 0.380 e. The summed E-state index contributed by atoms with van der Waals surface area (Å²) < 4.78 is 5.43. The second-order valence-corrected chi connectivity index (χ2v) is 5.34. The number of piperidine rings is 1. The van der Waals surface area contributed by atoms with Gasteiger partial charge in [-0.25, -0.2) is 0 Å². The van der Waals surface area contributed by atoms with Crippen LogP contribution in [0.3, 0.4) is 0 Å². The maximum absolute atomic E-state index is 11.8. The smallest absolute Gasteiger partial charge is 0.299 e. The molecule has 0 aromatic heterocycles. The molecular formula is C15H18N2O3. The molecule has 2 heterocycles.